The number of aryl methyl sites for hydroxylation is 1. The van der Waals surface area contributed by atoms with Crippen LogP contribution in [0.25, 0.3) is 0 Å². The number of nitrogens with one attached hydrogen (secondary N) is 1. The summed E-state index contributed by atoms with van der Waals surface area (Å²) in [5.74, 6) is 1.46. The SMILES string of the molecule is CCOC(=O)C(CCc1ccc(OC)c(OC)c1)N[C@@H](C)C(=O)N1CCSCC1OC(=O)O. The third-order valence-corrected chi connectivity index (χ3v) is 6.16. The van der Waals surface area contributed by atoms with Gasteiger partial charge in [-0.15, -0.1) is 0 Å². The van der Waals surface area contributed by atoms with E-state index in [-0.39, 0.29) is 12.5 Å². The highest BCUT2D eigenvalue weighted by atomic mass is 32.2. The summed E-state index contributed by atoms with van der Waals surface area (Å²) in [7, 11) is 3.11. The number of hydrogen-bond acceptors (Lipinski definition) is 9. The van der Waals surface area contributed by atoms with Crippen molar-refractivity contribution < 1.29 is 38.4 Å². The Bertz CT molecular complexity index is 822. The highest BCUT2D eigenvalue weighted by Gasteiger charge is 2.34. The van der Waals surface area contributed by atoms with Crippen LogP contribution in [0.2, 0.25) is 0 Å². The van der Waals surface area contributed by atoms with Crippen LogP contribution >= 0.6 is 11.8 Å². The van der Waals surface area contributed by atoms with Crippen LogP contribution < -0.4 is 14.8 Å². The average molecular weight is 485 g/mol. The molecule has 1 heterocycles. The number of esters is 1. The molecule has 2 unspecified atom stereocenters. The van der Waals surface area contributed by atoms with Crippen LogP contribution in [0, 0.1) is 0 Å². The van der Waals surface area contributed by atoms with Crippen molar-refractivity contribution in [1.29, 1.82) is 0 Å². The van der Waals surface area contributed by atoms with Gasteiger partial charge in [-0.3, -0.25) is 14.9 Å². The second-order valence-corrected chi connectivity index (χ2v) is 8.52. The van der Waals surface area contributed by atoms with Crippen molar-refractivity contribution in [1.82, 2.24) is 10.2 Å². The molecular formula is C22H32N2O8S. The largest absolute Gasteiger partial charge is 0.507 e. The van der Waals surface area contributed by atoms with Crippen LogP contribution in [0.1, 0.15) is 25.8 Å². The second kappa shape index (κ2) is 13.1. The fraction of sp³-hybridized carbons (Fsp3) is 0.591. The first kappa shape index (κ1) is 26.6. The molecule has 1 aromatic rings. The summed E-state index contributed by atoms with van der Waals surface area (Å²) >= 11 is 1.52. The summed E-state index contributed by atoms with van der Waals surface area (Å²) in [6.07, 6.45) is -1.37. The fourth-order valence-electron chi connectivity index (χ4n) is 3.53. The molecule has 0 aliphatic carbocycles. The number of nitrogens with zero attached hydrogens (tertiary/aromatic N) is 1. The van der Waals surface area contributed by atoms with Crippen LogP contribution in [0.4, 0.5) is 4.79 Å². The lowest BCUT2D eigenvalue weighted by Gasteiger charge is -2.36. The van der Waals surface area contributed by atoms with Crippen molar-refractivity contribution in [2.75, 3.05) is 38.9 Å². The maximum Gasteiger partial charge on any atom is 0.507 e. The number of carbonyl (C=O) groups is 3. The van der Waals surface area contributed by atoms with Gasteiger partial charge in [-0.25, -0.2) is 4.79 Å². The van der Waals surface area contributed by atoms with E-state index in [1.165, 1.54) is 16.7 Å². The van der Waals surface area contributed by atoms with Gasteiger partial charge in [-0.05, 0) is 44.4 Å². The molecule has 33 heavy (non-hydrogen) atoms. The van der Waals surface area contributed by atoms with Crippen molar-refractivity contribution in [3.63, 3.8) is 0 Å². The Morgan fingerprint density at radius 2 is 1.97 bits per heavy atom. The maximum atomic E-state index is 13.0. The number of methoxy groups -OCH3 is 2. The Hall–Kier alpha value is -2.66. The van der Waals surface area contributed by atoms with E-state index in [0.29, 0.717) is 42.4 Å². The minimum absolute atomic E-state index is 0.216. The van der Waals surface area contributed by atoms with Gasteiger partial charge < -0.3 is 29.0 Å². The number of carboxylic acid groups (broad SMARTS) is 1. The molecule has 0 bridgehead atoms. The molecule has 3 atom stereocenters. The lowest BCUT2D eigenvalue weighted by molar-refractivity contribution is -0.147. The van der Waals surface area contributed by atoms with Crippen LogP contribution in [0.5, 0.6) is 11.5 Å². The van der Waals surface area contributed by atoms with Crippen molar-refractivity contribution in [3.8, 4) is 11.5 Å². The minimum Gasteiger partial charge on any atom is -0.493 e. The number of amides is 1. The summed E-state index contributed by atoms with van der Waals surface area (Å²) in [5.41, 5.74) is 0.936. The molecule has 1 fully saturated rings. The summed E-state index contributed by atoms with van der Waals surface area (Å²) in [6.45, 7) is 3.94. The van der Waals surface area contributed by atoms with Gasteiger partial charge >= 0.3 is 12.1 Å². The Balaban J connectivity index is 2.08. The molecule has 0 spiro atoms. The van der Waals surface area contributed by atoms with Gasteiger partial charge in [0.15, 0.2) is 17.7 Å². The molecular weight excluding hydrogens is 452 g/mol. The van der Waals surface area contributed by atoms with E-state index in [2.05, 4.69) is 5.32 Å². The predicted octanol–water partition coefficient (Wildman–Crippen LogP) is 2.14. The highest BCUT2D eigenvalue weighted by molar-refractivity contribution is 7.99. The summed E-state index contributed by atoms with van der Waals surface area (Å²) in [6, 6.07) is 4.05. The van der Waals surface area contributed by atoms with Crippen molar-refractivity contribution >= 4 is 29.8 Å². The number of rotatable bonds is 11. The Morgan fingerprint density at radius 1 is 1.24 bits per heavy atom. The predicted molar refractivity (Wildman–Crippen MR) is 123 cm³/mol. The summed E-state index contributed by atoms with van der Waals surface area (Å²) in [4.78, 5) is 38.0. The molecule has 1 saturated heterocycles. The molecule has 1 aliphatic heterocycles. The van der Waals surface area contributed by atoms with Crippen LogP contribution in [0.15, 0.2) is 18.2 Å². The first-order chi connectivity index (χ1) is 15.8. The summed E-state index contributed by atoms with van der Waals surface area (Å²) < 4.78 is 20.7. The molecule has 1 aliphatic rings. The molecule has 1 aromatic carbocycles. The maximum absolute atomic E-state index is 13.0. The molecule has 11 heteroatoms. The Labute approximate surface area is 197 Å². The van der Waals surface area contributed by atoms with Crippen molar-refractivity contribution in [2.24, 2.45) is 0 Å². The molecule has 0 saturated carbocycles. The molecule has 1 amide bonds. The fourth-order valence-corrected chi connectivity index (χ4v) is 4.47. The third kappa shape index (κ3) is 7.71. The van der Waals surface area contributed by atoms with Crippen LogP contribution in [-0.4, -0.2) is 85.2 Å². The third-order valence-electron chi connectivity index (χ3n) is 5.17. The monoisotopic (exact) mass is 484 g/mol. The van der Waals surface area contributed by atoms with Gasteiger partial charge in [0.2, 0.25) is 5.91 Å². The van der Waals surface area contributed by atoms with Crippen molar-refractivity contribution in [2.45, 2.75) is 45.0 Å². The molecule has 2 rings (SSSR count). The minimum atomic E-state index is -1.43. The first-order valence-corrected chi connectivity index (χ1v) is 11.9. The van der Waals surface area contributed by atoms with Gasteiger partial charge in [-0.2, -0.15) is 11.8 Å². The quantitative estimate of drug-likeness (QED) is 0.452. The lowest BCUT2D eigenvalue weighted by Crippen LogP contribution is -2.56. The van der Waals surface area contributed by atoms with Gasteiger partial charge in [0, 0.05) is 12.3 Å². The van der Waals surface area contributed by atoms with Gasteiger partial charge in [0.1, 0.15) is 6.04 Å². The van der Waals surface area contributed by atoms with Crippen molar-refractivity contribution in [3.05, 3.63) is 23.8 Å². The number of benzene rings is 1. The van der Waals surface area contributed by atoms with Crippen LogP contribution in [-0.2, 0) is 25.5 Å². The van der Waals surface area contributed by atoms with E-state index < -0.39 is 30.4 Å². The molecule has 0 aromatic heterocycles. The topological polar surface area (TPSA) is 124 Å². The highest BCUT2D eigenvalue weighted by Crippen LogP contribution is 2.28. The van der Waals surface area contributed by atoms with Gasteiger partial charge in [-0.1, -0.05) is 6.07 Å². The number of ether oxygens (including phenoxy) is 4. The first-order valence-electron chi connectivity index (χ1n) is 10.7. The lowest BCUT2D eigenvalue weighted by atomic mass is 10.0. The Morgan fingerprint density at radius 3 is 2.61 bits per heavy atom. The zero-order valence-corrected chi connectivity index (χ0v) is 20.2. The van der Waals surface area contributed by atoms with E-state index in [1.54, 1.807) is 34.1 Å². The molecule has 0 radical (unpaired) electrons. The Kier molecular flexibility index (Phi) is 10.6. The summed E-state index contributed by atoms with van der Waals surface area (Å²) in [5, 5.41) is 12.0. The zero-order chi connectivity index (χ0) is 24.4. The van der Waals surface area contributed by atoms with E-state index in [9.17, 15) is 14.4 Å². The average Bonchev–Trinajstić information content (AvgIpc) is 2.80. The van der Waals surface area contributed by atoms with E-state index >= 15 is 0 Å². The van der Waals surface area contributed by atoms with E-state index in [4.69, 9.17) is 24.1 Å². The van der Waals surface area contributed by atoms with E-state index in [1.807, 2.05) is 12.1 Å². The smallest absolute Gasteiger partial charge is 0.493 e. The normalized spacial score (nSPS) is 17.6. The van der Waals surface area contributed by atoms with Gasteiger partial charge in [0.05, 0.1) is 32.6 Å². The number of carbonyl (C=O) groups excluding carboxylic acids is 2. The molecule has 10 nitrogen and oxygen atoms in total. The molecule has 184 valence electrons. The standard InChI is InChI=1S/C22H32N2O8S/c1-5-31-21(26)16(8-6-15-7-9-17(29-3)18(12-15)30-4)23-14(2)20(25)24-10-11-33-13-19(24)32-22(27)28/h7,9,12,14,16,19,23H,5-6,8,10-11,13H2,1-4H3,(H,27,28)/t14-,16?,19?/m0/s1. The molecule has 2 N–H and O–H groups in total. The number of hydrogen-bond donors (Lipinski definition) is 2. The second-order valence-electron chi connectivity index (χ2n) is 7.37. The van der Waals surface area contributed by atoms with Crippen LogP contribution in [0.3, 0.4) is 0 Å². The number of thioether (sulfide) groups is 1. The zero-order valence-electron chi connectivity index (χ0n) is 19.4. The van der Waals surface area contributed by atoms with Gasteiger partial charge in [0.25, 0.3) is 0 Å². The van der Waals surface area contributed by atoms with E-state index in [0.717, 1.165) is 5.56 Å².